The fourth-order valence-corrected chi connectivity index (χ4v) is 4.87. The van der Waals surface area contributed by atoms with Crippen molar-refractivity contribution in [2.24, 2.45) is 11.8 Å². The van der Waals surface area contributed by atoms with Crippen molar-refractivity contribution >= 4 is 51.3 Å². The van der Waals surface area contributed by atoms with Crippen LogP contribution in [0.1, 0.15) is 25.0 Å². The Kier molecular flexibility index (Phi) is 6.95. The second-order valence-corrected chi connectivity index (χ2v) is 9.15. The molecular formula is C22H21Cl2N3O3S. The number of anilines is 2. The van der Waals surface area contributed by atoms with E-state index in [9.17, 15) is 9.90 Å². The third kappa shape index (κ3) is 5.29. The van der Waals surface area contributed by atoms with Crippen LogP contribution in [0.25, 0.3) is 0 Å². The third-order valence-corrected chi connectivity index (χ3v) is 6.97. The monoisotopic (exact) mass is 477 g/mol. The summed E-state index contributed by atoms with van der Waals surface area (Å²) in [7, 11) is 0. The topological polar surface area (TPSA) is 84.3 Å². The number of carboxylic acids is 1. The van der Waals surface area contributed by atoms with Crippen LogP contribution in [-0.4, -0.2) is 27.1 Å². The Morgan fingerprint density at radius 3 is 2.84 bits per heavy atom. The predicted molar refractivity (Wildman–Crippen MR) is 123 cm³/mol. The maximum absolute atomic E-state index is 11.9. The van der Waals surface area contributed by atoms with Gasteiger partial charge < -0.3 is 15.2 Å². The summed E-state index contributed by atoms with van der Waals surface area (Å²) in [5.74, 6) is -0.837. The molecule has 2 N–H and O–H groups in total. The van der Waals surface area contributed by atoms with E-state index in [4.69, 9.17) is 27.9 Å². The zero-order valence-corrected chi connectivity index (χ0v) is 18.8. The molecule has 3 atom stereocenters. The van der Waals surface area contributed by atoms with Crippen LogP contribution >= 0.6 is 34.5 Å². The van der Waals surface area contributed by atoms with E-state index in [2.05, 4.69) is 15.3 Å². The molecule has 0 spiro atoms. The zero-order chi connectivity index (χ0) is 21.8. The lowest BCUT2D eigenvalue weighted by molar-refractivity contribution is -0.145. The summed E-state index contributed by atoms with van der Waals surface area (Å²) in [4.78, 5) is 20.7. The quantitative estimate of drug-likeness (QED) is 0.428. The first-order valence-electron chi connectivity index (χ1n) is 9.95. The molecule has 0 aliphatic heterocycles. The molecule has 0 amide bonds. The van der Waals surface area contributed by atoms with Crippen LogP contribution < -0.4 is 10.1 Å². The van der Waals surface area contributed by atoms with Gasteiger partial charge in [0.1, 0.15) is 10.8 Å². The van der Waals surface area contributed by atoms with E-state index in [0.717, 1.165) is 16.5 Å². The number of rotatable bonds is 7. The average molecular weight is 478 g/mol. The van der Waals surface area contributed by atoms with Gasteiger partial charge in [-0.25, -0.2) is 4.98 Å². The SMILES string of the molecule is O=C(O)C1CC[C@H](Oc2cccc(Cl)c2Cl)CC1Cc1ncccc1Nc1nccs1. The molecule has 1 fully saturated rings. The number of hydrogen-bond donors (Lipinski definition) is 2. The van der Waals surface area contributed by atoms with Gasteiger partial charge in [-0.1, -0.05) is 29.3 Å². The highest BCUT2D eigenvalue weighted by Crippen LogP contribution is 2.38. The standard InChI is InChI=1S/C22H21Cl2N3O3S/c23-16-3-1-5-19(20(16)24)30-14-6-7-15(21(28)29)13(11-14)12-18-17(4-2-8-25-18)27-22-26-9-10-31-22/h1-5,8-10,13-15H,6-7,11-12H2,(H,26,27)(H,28,29)/t13?,14-,15?/m0/s1. The normalized spacial score (nSPS) is 20.9. The number of carbonyl (C=O) groups is 1. The number of aliphatic carboxylic acids is 1. The largest absolute Gasteiger partial charge is 0.489 e. The number of carboxylic acid groups (broad SMARTS) is 1. The lowest BCUT2D eigenvalue weighted by Gasteiger charge is -2.34. The van der Waals surface area contributed by atoms with Gasteiger partial charge in [0.15, 0.2) is 5.13 Å². The number of pyridine rings is 1. The molecule has 1 aromatic carbocycles. The van der Waals surface area contributed by atoms with Crippen molar-refractivity contribution in [3.05, 3.63) is 63.8 Å². The molecule has 9 heteroatoms. The van der Waals surface area contributed by atoms with Crippen molar-refractivity contribution in [2.75, 3.05) is 5.32 Å². The second kappa shape index (κ2) is 9.85. The van der Waals surface area contributed by atoms with Gasteiger partial charge in [0.2, 0.25) is 0 Å². The molecule has 4 rings (SSSR count). The van der Waals surface area contributed by atoms with Crippen LogP contribution in [0.3, 0.4) is 0 Å². The number of hydrogen-bond acceptors (Lipinski definition) is 6. The molecule has 31 heavy (non-hydrogen) atoms. The van der Waals surface area contributed by atoms with Gasteiger partial charge in [0.25, 0.3) is 0 Å². The van der Waals surface area contributed by atoms with Crippen LogP contribution in [0.15, 0.2) is 48.1 Å². The van der Waals surface area contributed by atoms with E-state index in [0.29, 0.717) is 41.5 Å². The van der Waals surface area contributed by atoms with Crippen molar-refractivity contribution in [2.45, 2.75) is 31.8 Å². The van der Waals surface area contributed by atoms with E-state index in [1.807, 2.05) is 17.5 Å². The number of halogens is 2. The Bertz CT molecular complexity index is 1050. The molecule has 6 nitrogen and oxygen atoms in total. The van der Waals surface area contributed by atoms with Crippen LogP contribution in [0.4, 0.5) is 10.8 Å². The molecule has 2 aromatic heterocycles. The van der Waals surface area contributed by atoms with E-state index in [1.54, 1.807) is 30.6 Å². The number of benzene rings is 1. The highest BCUT2D eigenvalue weighted by Gasteiger charge is 2.36. The summed E-state index contributed by atoms with van der Waals surface area (Å²) in [6, 6.07) is 9.05. The molecular weight excluding hydrogens is 457 g/mol. The lowest BCUT2D eigenvalue weighted by atomic mass is 9.75. The molecule has 2 heterocycles. The van der Waals surface area contributed by atoms with E-state index in [-0.39, 0.29) is 12.0 Å². The number of nitrogens with one attached hydrogen (secondary N) is 1. The summed E-state index contributed by atoms with van der Waals surface area (Å²) in [5.41, 5.74) is 1.65. The first-order chi connectivity index (χ1) is 15.0. The van der Waals surface area contributed by atoms with Crippen LogP contribution in [-0.2, 0) is 11.2 Å². The zero-order valence-electron chi connectivity index (χ0n) is 16.5. The smallest absolute Gasteiger partial charge is 0.306 e. The Morgan fingerprint density at radius 1 is 1.19 bits per heavy atom. The molecule has 1 saturated carbocycles. The van der Waals surface area contributed by atoms with Crippen LogP contribution in [0.2, 0.25) is 10.0 Å². The fraction of sp³-hybridized carbons (Fsp3) is 0.318. The van der Waals surface area contributed by atoms with Gasteiger partial charge in [-0.2, -0.15) is 0 Å². The molecule has 3 aromatic rings. The van der Waals surface area contributed by atoms with Crippen molar-refractivity contribution in [1.29, 1.82) is 0 Å². The molecule has 162 valence electrons. The number of ether oxygens (including phenoxy) is 1. The first kappa shape index (κ1) is 21.9. The maximum atomic E-state index is 11.9. The van der Waals surface area contributed by atoms with Gasteiger partial charge in [-0.3, -0.25) is 9.78 Å². The number of thiazole rings is 1. The average Bonchev–Trinajstić information content (AvgIpc) is 3.26. The highest BCUT2D eigenvalue weighted by atomic mass is 35.5. The number of nitrogens with zero attached hydrogens (tertiary/aromatic N) is 2. The van der Waals surface area contributed by atoms with Gasteiger partial charge in [0, 0.05) is 17.8 Å². The molecule has 1 aliphatic rings. The number of aromatic nitrogens is 2. The molecule has 0 saturated heterocycles. The van der Waals surface area contributed by atoms with E-state index >= 15 is 0 Å². The van der Waals surface area contributed by atoms with Crippen LogP contribution in [0, 0.1) is 11.8 Å². The summed E-state index contributed by atoms with van der Waals surface area (Å²) >= 11 is 13.9. The Balaban J connectivity index is 1.52. The van der Waals surface area contributed by atoms with Crippen molar-refractivity contribution < 1.29 is 14.6 Å². The van der Waals surface area contributed by atoms with Gasteiger partial charge in [0.05, 0.1) is 28.4 Å². The Labute approximate surface area is 194 Å². The van der Waals surface area contributed by atoms with E-state index in [1.165, 1.54) is 11.3 Å². The summed E-state index contributed by atoms with van der Waals surface area (Å²) in [5, 5.41) is 16.5. The molecule has 0 bridgehead atoms. The lowest BCUT2D eigenvalue weighted by Crippen LogP contribution is -2.36. The Hall–Kier alpha value is -2.35. The van der Waals surface area contributed by atoms with Crippen molar-refractivity contribution in [1.82, 2.24) is 9.97 Å². The molecule has 0 radical (unpaired) electrons. The minimum Gasteiger partial charge on any atom is -0.489 e. The first-order valence-corrected chi connectivity index (χ1v) is 11.6. The Morgan fingerprint density at radius 2 is 2.06 bits per heavy atom. The summed E-state index contributed by atoms with van der Waals surface area (Å²) in [6.45, 7) is 0. The minimum atomic E-state index is -0.783. The molecule has 2 unspecified atom stereocenters. The summed E-state index contributed by atoms with van der Waals surface area (Å²) < 4.78 is 6.12. The highest BCUT2D eigenvalue weighted by molar-refractivity contribution is 7.13. The maximum Gasteiger partial charge on any atom is 0.306 e. The predicted octanol–water partition coefficient (Wildman–Crippen LogP) is 6.08. The van der Waals surface area contributed by atoms with Gasteiger partial charge >= 0.3 is 5.97 Å². The molecule has 1 aliphatic carbocycles. The van der Waals surface area contributed by atoms with Crippen molar-refractivity contribution in [3.63, 3.8) is 0 Å². The van der Waals surface area contributed by atoms with Crippen LogP contribution in [0.5, 0.6) is 5.75 Å². The van der Waals surface area contributed by atoms with Gasteiger partial charge in [-0.15, -0.1) is 11.3 Å². The third-order valence-electron chi connectivity index (χ3n) is 5.48. The minimum absolute atomic E-state index is 0.124. The van der Waals surface area contributed by atoms with Gasteiger partial charge in [-0.05, 0) is 55.9 Å². The van der Waals surface area contributed by atoms with Crippen molar-refractivity contribution in [3.8, 4) is 5.75 Å². The summed E-state index contributed by atoms with van der Waals surface area (Å²) in [6.07, 6.45) is 5.60. The second-order valence-electron chi connectivity index (χ2n) is 7.47. The fourth-order valence-electron chi connectivity index (χ4n) is 4.00. The van der Waals surface area contributed by atoms with E-state index < -0.39 is 11.9 Å².